The molecular weight excluding hydrogens is 271 g/mol. The van der Waals surface area contributed by atoms with Crippen LogP contribution in [0.1, 0.15) is 78.1 Å². The van der Waals surface area contributed by atoms with Crippen molar-refractivity contribution >= 4 is 19.5 Å². The van der Waals surface area contributed by atoms with Crippen molar-refractivity contribution in [3.8, 4) is 0 Å². The maximum Gasteiger partial charge on any atom is 0.306 e. The smallest absolute Gasteiger partial charge is 0.306 e. The number of carbonyl (C=O) groups excluding carboxylic acids is 1. The minimum absolute atomic E-state index is 0.163. The Hall–Kier alpha value is -0.400. The van der Waals surface area contributed by atoms with Gasteiger partial charge in [-0.25, -0.2) is 0 Å². The summed E-state index contributed by atoms with van der Waals surface area (Å²) in [6, 6.07) is 0. The van der Waals surface area contributed by atoms with Crippen LogP contribution in [0.25, 0.3) is 0 Å². The van der Waals surface area contributed by atoms with Crippen LogP contribution in [0.3, 0.4) is 0 Å². The molecule has 0 rings (SSSR count). The van der Waals surface area contributed by atoms with Crippen molar-refractivity contribution < 1.29 is 14.4 Å². The maximum atomic E-state index is 11.4. The SMILES string of the molecule is CCCCCCCCCCCC(=O)OCC=[P+]([O-])CC. The third-order valence-electron chi connectivity index (χ3n) is 3.32. The molecule has 0 fully saturated rings. The highest BCUT2D eigenvalue weighted by Gasteiger charge is 2.02. The van der Waals surface area contributed by atoms with E-state index in [0.717, 1.165) is 12.8 Å². The van der Waals surface area contributed by atoms with E-state index >= 15 is 0 Å². The lowest BCUT2D eigenvalue weighted by molar-refractivity contribution is -0.152. The van der Waals surface area contributed by atoms with Crippen LogP contribution in [-0.2, 0) is 9.53 Å². The Morgan fingerprint density at radius 3 is 2.10 bits per heavy atom. The minimum atomic E-state index is -1.29. The highest BCUT2D eigenvalue weighted by molar-refractivity contribution is 7.49. The monoisotopic (exact) mass is 302 g/mol. The fourth-order valence-electron chi connectivity index (χ4n) is 1.99. The first kappa shape index (κ1) is 19.6. The molecule has 0 aliphatic rings. The van der Waals surface area contributed by atoms with Gasteiger partial charge in [-0.05, 0) is 13.3 Å². The Morgan fingerprint density at radius 1 is 1.00 bits per heavy atom. The van der Waals surface area contributed by atoms with Crippen molar-refractivity contribution in [3.63, 3.8) is 0 Å². The van der Waals surface area contributed by atoms with Gasteiger partial charge in [0.05, 0.1) is 6.16 Å². The zero-order valence-corrected chi connectivity index (χ0v) is 14.1. The van der Waals surface area contributed by atoms with Gasteiger partial charge in [-0.1, -0.05) is 58.3 Å². The molecule has 0 aromatic rings. The van der Waals surface area contributed by atoms with Crippen molar-refractivity contribution in [2.45, 2.75) is 78.1 Å². The quantitative estimate of drug-likeness (QED) is 0.293. The average molecular weight is 302 g/mol. The molecule has 0 amide bonds. The normalized spacial score (nSPS) is 11.7. The molecule has 0 radical (unpaired) electrons. The molecule has 0 saturated heterocycles. The zero-order chi connectivity index (χ0) is 15.1. The first-order chi connectivity index (χ1) is 9.70. The molecule has 1 unspecified atom stereocenters. The number of esters is 1. The van der Waals surface area contributed by atoms with Crippen LogP contribution in [0.2, 0.25) is 0 Å². The van der Waals surface area contributed by atoms with Gasteiger partial charge in [-0.15, -0.1) is 0 Å². The molecule has 0 N–H and O–H groups in total. The van der Waals surface area contributed by atoms with E-state index in [1.54, 1.807) is 5.80 Å². The highest BCUT2D eigenvalue weighted by Crippen LogP contribution is 2.11. The average Bonchev–Trinajstić information content (AvgIpc) is 2.45. The number of hydrogen-bond donors (Lipinski definition) is 0. The Bertz CT molecular complexity index is 264. The molecule has 0 aliphatic carbocycles. The van der Waals surface area contributed by atoms with Gasteiger partial charge < -0.3 is 9.63 Å². The van der Waals surface area contributed by atoms with Crippen molar-refractivity contribution in [2.75, 3.05) is 12.8 Å². The lowest BCUT2D eigenvalue weighted by Crippen LogP contribution is -2.07. The summed E-state index contributed by atoms with van der Waals surface area (Å²) in [4.78, 5) is 22.5. The summed E-state index contributed by atoms with van der Waals surface area (Å²) in [5, 5.41) is 0. The number of rotatable bonds is 13. The second-order valence-electron chi connectivity index (χ2n) is 5.18. The van der Waals surface area contributed by atoms with E-state index in [2.05, 4.69) is 6.92 Å². The van der Waals surface area contributed by atoms with E-state index in [0.29, 0.717) is 12.6 Å². The minimum Gasteiger partial charge on any atom is -0.631 e. The highest BCUT2D eigenvalue weighted by atomic mass is 31.1. The topological polar surface area (TPSA) is 49.4 Å². The summed E-state index contributed by atoms with van der Waals surface area (Å²) in [6.45, 7) is 4.29. The second-order valence-corrected chi connectivity index (χ2v) is 7.01. The first-order valence-electron chi connectivity index (χ1n) is 8.13. The summed E-state index contributed by atoms with van der Waals surface area (Å²) >= 11 is 0. The Labute approximate surface area is 125 Å². The Morgan fingerprint density at radius 2 is 1.55 bits per heavy atom. The summed E-state index contributed by atoms with van der Waals surface area (Å²) in [5.74, 6) is 1.42. The fourth-order valence-corrected chi connectivity index (χ4v) is 2.49. The van der Waals surface area contributed by atoms with Gasteiger partial charge in [-0.3, -0.25) is 4.79 Å². The number of hydrogen-bond acceptors (Lipinski definition) is 3. The van der Waals surface area contributed by atoms with Crippen LogP contribution in [0, 0.1) is 0 Å². The maximum absolute atomic E-state index is 11.4. The molecule has 0 heterocycles. The predicted octanol–water partition coefficient (Wildman–Crippen LogP) is 4.03. The van der Waals surface area contributed by atoms with Crippen LogP contribution >= 0.6 is 7.77 Å². The Kier molecular flexibility index (Phi) is 14.7. The second kappa shape index (κ2) is 15.0. The lowest BCUT2D eigenvalue weighted by atomic mass is 10.1. The van der Waals surface area contributed by atoms with E-state index in [1.165, 1.54) is 44.9 Å². The van der Waals surface area contributed by atoms with Gasteiger partial charge in [0, 0.05) is 14.2 Å². The molecular formula is C16H31O3P. The van der Waals surface area contributed by atoms with Gasteiger partial charge in [-0.2, -0.15) is 0 Å². The van der Waals surface area contributed by atoms with Crippen molar-refractivity contribution in [2.24, 2.45) is 0 Å². The van der Waals surface area contributed by atoms with Gasteiger partial charge in [0.1, 0.15) is 12.4 Å². The molecule has 0 aliphatic heterocycles. The fraction of sp³-hybridized carbons (Fsp3) is 0.875. The molecule has 0 aromatic heterocycles. The largest absolute Gasteiger partial charge is 0.631 e. The summed E-state index contributed by atoms with van der Waals surface area (Å²) < 4.78 is 5.01. The van der Waals surface area contributed by atoms with Gasteiger partial charge in [0.2, 0.25) is 0 Å². The molecule has 118 valence electrons. The van der Waals surface area contributed by atoms with Crippen LogP contribution in [0.15, 0.2) is 0 Å². The Balaban J connectivity index is 3.27. The molecule has 1 atom stereocenters. The van der Waals surface area contributed by atoms with Crippen molar-refractivity contribution in [3.05, 3.63) is 0 Å². The number of ether oxygens (including phenoxy) is 1. The van der Waals surface area contributed by atoms with E-state index in [1.807, 2.05) is 6.92 Å². The first-order valence-corrected chi connectivity index (χ1v) is 9.64. The summed E-state index contributed by atoms with van der Waals surface area (Å²) in [6.07, 6.45) is 12.3. The third kappa shape index (κ3) is 14.0. The predicted molar refractivity (Wildman–Crippen MR) is 86.3 cm³/mol. The van der Waals surface area contributed by atoms with Crippen molar-refractivity contribution in [1.29, 1.82) is 0 Å². The molecule has 0 aromatic carbocycles. The molecule has 4 heteroatoms. The van der Waals surface area contributed by atoms with Crippen LogP contribution in [0.5, 0.6) is 0 Å². The zero-order valence-electron chi connectivity index (χ0n) is 13.2. The third-order valence-corrected chi connectivity index (χ3v) is 4.50. The van der Waals surface area contributed by atoms with Gasteiger partial charge >= 0.3 is 5.97 Å². The molecule has 20 heavy (non-hydrogen) atoms. The molecule has 0 saturated carbocycles. The summed E-state index contributed by atoms with van der Waals surface area (Å²) in [5.41, 5.74) is 0. The number of unbranched alkanes of at least 4 members (excludes halogenated alkanes) is 8. The van der Waals surface area contributed by atoms with Crippen LogP contribution in [0.4, 0.5) is 0 Å². The van der Waals surface area contributed by atoms with E-state index < -0.39 is 7.77 Å². The van der Waals surface area contributed by atoms with Crippen LogP contribution < -0.4 is 4.89 Å². The van der Waals surface area contributed by atoms with Gasteiger partial charge in [0.15, 0.2) is 0 Å². The van der Waals surface area contributed by atoms with Crippen molar-refractivity contribution in [1.82, 2.24) is 0 Å². The lowest BCUT2D eigenvalue weighted by Gasteiger charge is -2.03. The standard InChI is InChI=1S/C16H31O3P/c1-3-5-6-7-8-9-10-11-12-13-16(17)19-14-15-20(18)4-2/h15H,3-14H2,1-2H3. The van der Waals surface area contributed by atoms with Crippen LogP contribution in [-0.4, -0.2) is 24.5 Å². The van der Waals surface area contributed by atoms with E-state index in [9.17, 15) is 9.69 Å². The molecule has 0 bridgehead atoms. The number of carbonyl (C=O) groups is 1. The molecule has 0 spiro atoms. The van der Waals surface area contributed by atoms with E-state index in [-0.39, 0.29) is 12.6 Å². The van der Waals surface area contributed by atoms with E-state index in [4.69, 9.17) is 4.74 Å². The molecule has 3 nitrogen and oxygen atoms in total. The summed E-state index contributed by atoms with van der Waals surface area (Å²) in [7, 11) is -1.29. The van der Waals surface area contributed by atoms with Gasteiger partial charge in [0.25, 0.3) is 0 Å².